The van der Waals surface area contributed by atoms with Crippen LogP contribution in [0.5, 0.6) is 0 Å². The van der Waals surface area contributed by atoms with Crippen LogP contribution in [-0.4, -0.2) is 24.0 Å². The molecule has 0 aromatic heterocycles. The lowest BCUT2D eigenvalue weighted by Crippen LogP contribution is -2.38. The van der Waals surface area contributed by atoms with Gasteiger partial charge in [0.25, 0.3) is 0 Å². The second-order valence-corrected chi connectivity index (χ2v) is 7.64. The summed E-state index contributed by atoms with van der Waals surface area (Å²) < 4.78 is 0. The lowest BCUT2D eigenvalue weighted by Gasteiger charge is -2.38. The minimum absolute atomic E-state index is 0.566. The van der Waals surface area contributed by atoms with Gasteiger partial charge >= 0.3 is 0 Å². The second-order valence-electron chi connectivity index (χ2n) is 6.68. The molecule has 1 aliphatic heterocycles. The Morgan fingerprint density at radius 3 is 2.50 bits per heavy atom. The van der Waals surface area contributed by atoms with E-state index in [0.717, 1.165) is 13.1 Å². The molecule has 0 unspecified atom stereocenters. The standard InChI is InChI=1S/C15H26N2S/c1-2-14(8-9-14)10-16-13-17-11-15(12-18-13)6-4-3-5-7-15/h2-12H2,1H3,(H,16,17). The first-order chi connectivity index (χ1) is 8.76. The number of rotatable bonds is 3. The highest BCUT2D eigenvalue weighted by Gasteiger charge is 2.41. The van der Waals surface area contributed by atoms with E-state index in [1.54, 1.807) is 0 Å². The summed E-state index contributed by atoms with van der Waals surface area (Å²) in [7, 11) is 0. The molecule has 0 radical (unpaired) electrons. The number of thioether (sulfide) groups is 1. The predicted octanol–water partition coefficient (Wildman–Crippen LogP) is 3.82. The summed E-state index contributed by atoms with van der Waals surface area (Å²) in [6, 6.07) is 0. The van der Waals surface area contributed by atoms with Crippen LogP contribution in [0.3, 0.4) is 0 Å². The number of nitrogens with zero attached hydrogens (tertiary/aromatic N) is 1. The van der Waals surface area contributed by atoms with Crippen LogP contribution in [0.1, 0.15) is 58.3 Å². The summed E-state index contributed by atoms with van der Waals surface area (Å²) in [5.41, 5.74) is 1.19. The fourth-order valence-electron chi connectivity index (χ4n) is 3.36. The monoisotopic (exact) mass is 266 g/mol. The van der Waals surface area contributed by atoms with E-state index in [2.05, 4.69) is 12.2 Å². The molecule has 3 aliphatic rings. The molecule has 2 aliphatic carbocycles. The lowest BCUT2D eigenvalue weighted by molar-refractivity contribution is 0.232. The number of hydrogen-bond donors (Lipinski definition) is 1. The minimum atomic E-state index is 0.566. The van der Waals surface area contributed by atoms with Gasteiger partial charge in [-0.15, -0.1) is 0 Å². The van der Waals surface area contributed by atoms with Crippen molar-refractivity contribution in [1.82, 2.24) is 5.32 Å². The van der Waals surface area contributed by atoms with E-state index in [9.17, 15) is 0 Å². The van der Waals surface area contributed by atoms with Crippen LogP contribution in [-0.2, 0) is 0 Å². The smallest absolute Gasteiger partial charge is 0.156 e. The van der Waals surface area contributed by atoms with Crippen LogP contribution in [0.2, 0.25) is 0 Å². The van der Waals surface area contributed by atoms with Gasteiger partial charge < -0.3 is 5.32 Å². The van der Waals surface area contributed by atoms with E-state index < -0.39 is 0 Å². The Balaban J connectivity index is 1.50. The third-order valence-corrected chi connectivity index (χ3v) is 6.61. The van der Waals surface area contributed by atoms with Gasteiger partial charge in [0, 0.05) is 18.8 Å². The zero-order chi connectivity index (χ0) is 12.5. The van der Waals surface area contributed by atoms with Crippen LogP contribution in [0.15, 0.2) is 4.99 Å². The topological polar surface area (TPSA) is 24.4 Å². The van der Waals surface area contributed by atoms with Crippen LogP contribution in [0, 0.1) is 10.8 Å². The van der Waals surface area contributed by atoms with Crippen molar-refractivity contribution in [2.75, 3.05) is 18.8 Å². The summed E-state index contributed by atoms with van der Waals surface area (Å²) in [6.45, 7) is 4.56. The Labute approximate surface area is 115 Å². The summed E-state index contributed by atoms with van der Waals surface area (Å²) in [6.07, 6.45) is 11.3. The SMILES string of the molecule is CCC1(CNC2=NCC3(CCCCC3)CS2)CC1. The van der Waals surface area contributed by atoms with E-state index in [1.807, 2.05) is 11.8 Å². The van der Waals surface area contributed by atoms with Gasteiger partial charge in [-0.05, 0) is 42.9 Å². The maximum Gasteiger partial charge on any atom is 0.156 e. The first-order valence-corrected chi connectivity index (χ1v) is 8.66. The first-order valence-electron chi connectivity index (χ1n) is 7.67. The molecule has 0 bridgehead atoms. The van der Waals surface area contributed by atoms with Crippen LogP contribution in [0.4, 0.5) is 0 Å². The molecule has 0 saturated heterocycles. The maximum atomic E-state index is 4.84. The van der Waals surface area contributed by atoms with Crippen molar-refractivity contribution >= 4 is 16.9 Å². The third kappa shape index (κ3) is 2.71. The van der Waals surface area contributed by atoms with Gasteiger partial charge in [0.15, 0.2) is 5.17 Å². The molecule has 2 saturated carbocycles. The van der Waals surface area contributed by atoms with Gasteiger partial charge in [-0.1, -0.05) is 37.9 Å². The van der Waals surface area contributed by atoms with Gasteiger partial charge in [-0.25, -0.2) is 0 Å². The number of nitrogens with one attached hydrogen (secondary N) is 1. The van der Waals surface area contributed by atoms with Gasteiger partial charge in [0.1, 0.15) is 0 Å². The Bertz CT molecular complexity index is 327. The van der Waals surface area contributed by atoms with Crippen molar-refractivity contribution in [2.45, 2.75) is 58.3 Å². The van der Waals surface area contributed by atoms with Crippen molar-refractivity contribution in [3.05, 3.63) is 0 Å². The van der Waals surface area contributed by atoms with Crippen LogP contribution in [0.25, 0.3) is 0 Å². The molecular weight excluding hydrogens is 240 g/mol. The predicted molar refractivity (Wildman–Crippen MR) is 80.2 cm³/mol. The van der Waals surface area contributed by atoms with E-state index in [0.29, 0.717) is 10.8 Å². The van der Waals surface area contributed by atoms with Gasteiger partial charge in [0.05, 0.1) is 0 Å². The molecule has 0 aromatic carbocycles. The summed E-state index contributed by atoms with van der Waals surface area (Å²) in [5.74, 6) is 1.30. The van der Waals surface area contributed by atoms with Crippen molar-refractivity contribution in [3.63, 3.8) is 0 Å². The highest BCUT2D eigenvalue weighted by atomic mass is 32.2. The Morgan fingerprint density at radius 2 is 1.94 bits per heavy atom. The molecule has 0 amide bonds. The molecule has 0 atom stereocenters. The van der Waals surface area contributed by atoms with Crippen LogP contribution < -0.4 is 5.32 Å². The van der Waals surface area contributed by atoms with Gasteiger partial charge in [-0.2, -0.15) is 0 Å². The van der Waals surface area contributed by atoms with E-state index >= 15 is 0 Å². The zero-order valence-corrected chi connectivity index (χ0v) is 12.5. The lowest BCUT2D eigenvalue weighted by atomic mass is 9.75. The van der Waals surface area contributed by atoms with Crippen molar-refractivity contribution in [2.24, 2.45) is 15.8 Å². The summed E-state index contributed by atoms with van der Waals surface area (Å²) in [4.78, 5) is 4.84. The molecule has 1 heterocycles. The Hall–Kier alpha value is -0.180. The van der Waals surface area contributed by atoms with Crippen LogP contribution >= 0.6 is 11.8 Å². The second kappa shape index (κ2) is 5.07. The molecule has 2 fully saturated rings. The average Bonchev–Trinajstić information content (AvgIpc) is 3.20. The number of aliphatic imine (C=N–C) groups is 1. The maximum absolute atomic E-state index is 4.84. The highest BCUT2D eigenvalue weighted by molar-refractivity contribution is 8.13. The largest absolute Gasteiger partial charge is 0.364 e. The summed E-state index contributed by atoms with van der Waals surface area (Å²) in [5, 5.41) is 4.84. The molecule has 102 valence electrons. The van der Waals surface area contributed by atoms with Crippen molar-refractivity contribution < 1.29 is 0 Å². The summed E-state index contributed by atoms with van der Waals surface area (Å²) >= 11 is 1.99. The molecule has 2 nitrogen and oxygen atoms in total. The zero-order valence-electron chi connectivity index (χ0n) is 11.6. The minimum Gasteiger partial charge on any atom is -0.364 e. The quantitative estimate of drug-likeness (QED) is 0.840. The fourth-order valence-corrected chi connectivity index (χ4v) is 4.51. The number of amidine groups is 1. The van der Waals surface area contributed by atoms with E-state index in [-0.39, 0.29) is 0 Å². The third-order valence-electron chi connectivity index (χ3n) is 5.31. The highest BCUT2D eigenvalue weighted by Crippen LogP contribution is 2.48. The first kappa shape index (κ1) is 12.8. The Kier molecular flexibility index (Phi) is 3.61. The molecule has 3 rings (SSSR count). The normalized spacial score (nSPS) is 28.8. The molecule has 18 heavy (non-hydrogen) atoms. The van der Waals surface area contributed by atoms with Crippen molar-refractivity contribution in [1.29, 1.82) is 0 Å². The number of hydrogen-bond acceptors (Lipinski definition) is 3. The van der Waals surface area contributed by atoms with Gasteiger partial charge in [-0.3, -0.25) is 4.99 Å². The molecule has 1 N–H and O–H groups in total. The fraction of sp³-hybridized carbons (Fsp3) is 0.933. The van der Waals surface area contributed by atoms with E-state index in [4.69, 9.17) is 4.99 Å². The average molecular weight is 266 g/mol. The molecule has 1 spiro atoms. The van der Waals surface area contributed by atoms with E-state index in [1.165, 1.54) is 62.3 Å². The molecule has 0 aromatic rings. The Morgan fingerprint density at radius 1 is 1.17 bits per heavy atom. The molecular formula is C15H26N2S. The van der Waals surface area contributed by atoms with Crippen molar-refractivity contribution in [3.8, 4) is 0 Å². The molecule has 3 heteroatoms. The van der Waals surface area contributed by atoms with Gasteiger partial charge in [0.2, 0.25) is 0 Å².